The van der Waals surface area contributed by atoms with Gasteiger partial charge in [-0.1, -0.05) is 0 Å². The largest absolute Gasteiger partial charge is 0.484 e. The molecular formula is C15H18N6O2. The summed E-state index contributed by atoms with van der Waals surface area (Å²) in [7, 11) is 1.75. The Morgan fingerprint density at radius 3 is 2.83 bits per heavy atom. The third kappa shape index (κ3) is 2.54. The molecule has 2 aromatic rings. The summed E-state index contributed by atoms with van der Waals surface area (Å²) in [5.41, 5.74) is 7.21. The number of hydrogen-bond acceptors (Lipinski definition) is 7. The average Bonchev–Trinajstić information content (AvgIpc) is 2.91. The van der Waals surface area contributed by atoms with E-state index in [0.29, 0.717) is 29.1 Å². The first-order chi connectivity index (χ1) is 10.8. The van der Waals surface area contributed by atoms with Crippen LogP contribution in [-0.4, -0.2) is 37.0 Å². The van der Waals surface area contributed by atoms with Gasteiger partial charge in [0.15, 0.2) is 5.82 Å². The molecule has 120 valence electrons. The fourth-order valence-corrected chi connectivity index (χ4v) is 2.78. The van der Waals surface area contributed by atoms with Gasteiger partial charge in [0.25, 0.3) is 0 Å². The number of benzene rings is 1. The fourth-order valence-electron chi connectivity index (χ4n) is 2.78. The van der Waals surface area contributed by atoms with E-state index in [2.05, 4.69) is 21.6 Å². The van der Waals surface area contributed by atoms with Gasteiger partial charge in [-0.05, 0) is 36.4 Å². The van der Waals surface area contributed by atoms with Crippen molar-refractivity contribution in [2.45, 2.75) is 38.0 Å². The van der Waals surface area contributed by atoms with Gasteiger partial charge in [0, 0.05) is 24.6 Å². The van der Waals surface area contributed by atoms with E-state index < -0.39 is 17.7 Å². The summed E-state index contributed by atoms with van der Waals surface area (Å²) in [4.78, 5) is 0. The van der Waals surface area contributed by atoms with Gasteiger partial charge in [-0.25, -0.2) is 4.68 Å². The third-order valence-corrected chi connectivity index (χ3v) is 4.16. The first-order valence-electron chi connectivity index (χ1n) is 7.24. The van der Waals surface area contributed by atoms with Gasteiger partial charge in [-0.3, -0.25) is 0 Å². The highest BCUT2D eigenvalue weighted by Gasteiger charge is 2.42. The summed E-state index contributed by atoms with van der Waals surface area (Å²) in [6.07, 6.45) is -0.464. The van der Waals surface area contributed by atoms with Gasteiger partial charge in [-0.15, -0.1) is 5.10 Å². The van der Waals surface area contributed by atoms with E-state index in [1.54, 1.807) is 37.7 Å². The lowest BCUT2D eigenvalue weighted by atomic mass is 9.85. The van der Waals surface area contributed by atoms with E-state index in [0.717, 1.165) is 5.56 Å². The Bertz CT molecular complexity index is 792. The second-order valence-corrected chi connectivity index (χ2v) is 6.24. The van der Waals surface area contributed by atoms with Crippen LogP contribution >= 0.6 is 0 Å². The number of nitrogens with two attached hydrogens (primary N) is 1. The zero-order valence-electron chi connectivity index (χ0n) is 13.2. The Balaban J connectivity index is 2.14. The second kappa shape index (κ2) is 5.30. The molecule has 2 heterocycles. The number of ether oxygens (including phenoxy) is 1. The molecule has 0 bridgehead atoms. The molecule has 0 amide bonds. The van der Waals surface area contributed by atoms with Crippen molar-refractivity contribution in [1.82, 2.24) is 20.2 Å². The number of rotatable bonds is 2. The van der Waals surface area contributed by atoms with Crippen LogP contribution in [0.1, 0.15) is 42.4 Å². The van der Waals surface area contributed by atoms with Crippen LogP contribution in [0.15, 0.2) is 12.1 Å². The van der Waals surface area contributed by atoms with E-state index in [-0.39, 0.29) is 0 Å². The molecule has 0 saturated heterocycles. The number of nitriles is 1. The van der Waals surface area contributed by atoms with E-state index in [9.17, 15) is 10.4 Å². The first-order valence-corrected chi connectivity index (χ1v) is 7.24. The highest BCUT2D eigenvalue weighted by Crippen LogP contribution is 2.41. The number of aliphatic hydroxyl groups is 1. The molecule has 0 aliphatic carbocycles. The van der Waals surface area contributed by atoms with E-state index >= 15 is 0 Å². The molecule has 1 aliphatic heterocycles. The molecule has 1 aliphatic rings. The standard InChI is InChI=1S/C15H18N6O2/c1-15(2)14(22)12(17)10-5-8(7-16)4-9(13(10)23-15)6-11-18-19-20-21(11)3/h4-5,12,14,22H,6,17H2,1-3H3. The first kappa shape index (κ1) is 15.4. The summed E-state index contributed by atoms with van der Waals surface area (Å²) in [6.45, 7) is 3.57. The van der Waals surface area contributed by atoms with Crippen molar-refractivity contribution in [3.63, 3.8) is 0 Å². The Labute approximate surface area is 133 Å². The summed E-state index contributed by atoms with van der Waals surface area (Å²) in [5.74, 6) is 1.23. The highest BCUT2D eigenvalue weighted by atomic mass is 16.5. The third-order valence-electron chi connectivity index (χ3n) is 4.16. The highest BCUT2D eigenvalue weighted by molar-refractivity contribution is 5.52. The predicted molar refractivity (Wildman–Crippen MR) is 80.4 cm³/mol. The van der Waals surface area contributed by atoms with Crippen molar-refractivity contribution >= 4 is 0 Å². The minimum Gasteiger partial charge on any atom is -0.484 e. The van der Waals surface area contributed by atoms with Gasteiger partial charge in [0.05, 0.1) is 17.7 Å². The quantitative estimate of drug-likeness (QED) is 0.811. The lowest BCUT2D eigenvalue weighted by Gasteiger charge is -2.41. The monoisotopic (exact) mass is 314 g/mol. The van der Waals surface area contributed by atoms with Crippen LogP contribution in [0.3, 0.4) is 0 Å². The summed E-state index contributed by atoms with van der Waals surface area (Å²) < 4.78 is 7.57. The van der Waals surface area contributed by atoms with Crippen LogP contribution in [-0.2, 0) is 13.5 Å². The van der Waals surface area contributed by atoms with Crippen molar-refractivity contribution in [1.29, 1.82) is 5.26 Å². The summed E-state index contributed by atoms with van der Waals surface area (Å²) in [6, 6.07) is 4.90. The summed E-state index contributed by atoms with van der Waals surface area (Å²) >= 11 is 0. The lowest BCUT2D eigenvalue weighted by Crippen LogP contribution is -2.51. The van der Waals surface area contributed by atoms with Gasteiger partial charge in [0.1, 0.15) is 17.5 Å². The van der Waals surface area contributed by atoms with Crippen molar-refractivity contribution < 1.29 is 9.84 Å². The van der Waals surface area contributed by atoms with E-state index in [1.165, 1.54) is 0 Å². The second-order valence-electron chi connectivity index (χ2n) is 6.24. The van der Waals surface area contributed by atoms with Crippen molar-refractivity contribution in [2.75, 3.05) is 0 Å². The Hall–Kier alpha value is -2.50. The number of fused-ring (bicyclic) bond motifs is 1. The van der Waals surface area contributed by atoms with Crippen molar-refractivity contribution in [2.24, 2.45) is 12.8 Å². The van der Waals surface area contributed by atoms with Crippen molar-refractivity contribution in [3.05, 3.63) is 34.6 Å². The number of tetrazole rings is 1. The zero-order chi connectivity index (χ0) is 16.8. The smallest absolute Gasteiger partial charge is 0.155 e. The molecule has 0 saturated carbocycles. The molecule has 3 rings (SSSR count). The molecule has 0 radical (unpaired) electrons. The lowest BCUT2D eigenvalue weighted by molar-refractivity contribution is -0.0577. The number of hydrogen-bond donors (Lipinski definition) is 2. The SMILES string of the molecule is Cn1nnnc1Cc1cc(C#N)cc2c1OC(C)(C)C(O)C2N. The molecule has 23 heavy (non-hydrogen) atoms. The van der Waals surface area contributed by atoms with Gasteiger partial charge >= 0.3 is 0 Å². The van der Waals surface area contributed by atoms with E-state index in [4.69, 9.17) is 10.5 Å². The maximum atomic E-state index is 10.3. The molecule has 8 heteroatoms. The number of nitrogens with zero attached hydrogens (tertiary/aromatic N) is 5. The maximum absolute atomic E-state index is 10.3. The minimum atomic E-state index is -0.867. The van der Waals surface area contributed by atoms with Crippen LogP contribution in [0, 0.1) is 11.3 Å². The van der Waals surface area contributed by atoms with Crippen LogP contribution in [0.4, 0.5) is 0 Å². The Morgan fingerprint density at radius 1 is 1.48 bits per heavy atom. The molecule has 0 spiro atoms. The van der Waals surface area contributed by atoms with Gasteiger partial charge in [0.2, 0.25) is 0 Å². The molecule has 2 atom stereocenters. The van der Waals surface area contributed by atoms with Gasteiger partial charge < -0.3 is 15.6 Å². The van der Waals surface area contributed by atoms with E-state index in [1.807, 2.05) is 0 Å². The molecule has 2 unspecified atom stereocenters. The number of aliphatic hydroxyl groups excluding tert-OH is 1. The average molecular weight is 314 g/mol. The fraction of sp³-hybridized carbons (Fsp3) is 0.467. The maximum Gasteiger partial charge on any atom is 0.155 e. The molecule has 8 nitrogen and oxygen atoms in total. The number of aromatic nitrogens is 4. The van der Waals surface area contributed by atoms with Crippen LogP contribution in [0.5, 0.6) is 5.75 Å². The molecule has 3 N–H and O–H groups in total. The van der Waals surface area contributed by atoms with Gasteiger partial charge in [-0.2, -0.15) is 5.26 Å². The molecule has 1 aromatic carbocycles. The molecular weight excluding hydrogens is 296 g/mol. The summed E-state index contributed by atoms with van der Waals surface area (Å²) in [5, 5.41) is 31.0. The Morgan fingerprint density at radius 2 is 2.22 bits per heavy atom. The van der Waals surface area contributed by atoms with Crippen LogP contribution < -0.4 is 10.5 Å². The zero-order valence-corrected chi connectivity index (χ0v) is 13.2. The predicted octanol–water partition coefficient (Wildman–Crippen LogP) is 0.204. The number of aryl methyl sites for hydroxylation is 1. The van der Waals surface area contributed by atoms with Crippen LogP contribution in [0.25, 0.3) is 0 Å². The molecule has 0 fully saturated rings. The minimum absolute atomic E-state index is 0.403. The topological polar surface area (TPSA) is 123 Å². The Kier molecular flexibility index (Phi) is 3.55. The molecule has 1 aromatic heterocycles. The normalized spacial score (nSPS) is 22.1. The van der Waals surface area contributed by atoms with Crippen LogP contribution in [0.2, 0.25) is 0 Å². The van der Waals surface area contributed by atoms with Crippen molar-refractivity contribution in [3.8, 4) is 11.8 Å².